The van der Waals surface area contributed by atoms with Crippen molar-refractivity contribution in [3.8, 4) is 5.75 Å². The van der Waals surface area contributed by atoms with Crippen LogP contribution in [0.4, 0.5) is 0 Å². The van der Waals surface area contributed by atoms with E-state index in [-0.39, 0.29) is 5.63 Å². The van der Waals surface area contributed by atoms with Crippen molar-refractivity contribution >= 4 is 60.2 Å². The highest BCUT2D eigenvalue weighted by Gasteiger charge is 2.10. The molecule has 0 unspecified atom stereocenters. The van der Waals surface area contributed by atoms with Crippen LogP contribution in [-0.2, 0) is 12.4 Å². The van der Waals surface area contributed by atoms with E-state index in [2.05, 4.69) is 27.0 Å². The molecule has 5 aromatic rings. The third kappa shape index (κ3) is 4.69. The van der Waals surface area contributed by atoms with Crippen LogP contribution in [0.25, 0.3) is 21.2 Å². The molecule has 2 aromatic heterocycles. The second-order valence-corrected chi connectivity index (χ2v) is 10.1. The lowest BCUT2D eigenvalue weighted by molar-refractivity contribution is 0.306. The molecule has 0 amide bonds. The van der Waals surface area contributed by atoms with E-state index in [4.69, 9.17) is 9.15 Å². The molecule has 7 heteroatoms. The molecule has 3 aromatic carbocycles. The van der Waals surface area contributed by atoms with Gasteiger partial charge in [-0.1, -0.05) is 52.0 Å². The summed E-state index contributed by atoms with van der Waals surface area (Å²) in [6, 6.07) is 23.2. The van der Waals surface area contributed by atoms with E-state index in [0.717, 1.165) is 35.5 Å². The Morgan fingerprint density at radius 3 is 2.71 bits per heavy atom. The van der Waals surface area contributed by atoms with E-state index in [1.807, 2.05) is 54.6 Å². The summed E-state index contributed by atoms with van der Waals surface area (Å²) >= 11 is 6.72. The number of ether oxygens (including phenoxy) is 1. The number of halogens is 1. The molecule has 0 aliphatic rings. The summed E-state index contributed by atoms with van der Waals surface area (Å²) in [5.41, 5.74) is 3.15. The summed E-state index contributed by atoms with van der Waals surface area (Å²) in [5.74, 6) is 1.30. The summed E-state index contributed by atoms with van der Waals surface area (Å²) < 4.78 is 14.5. The van der Waals surface area contributed by atoms with Crippen LogP contribution in [0, 0.1) is 0 Å². The number of fused-ring (bicyclic) bond motifs is 2. The van der Waals surface area contributed by atoms with Gasteiger partial charge in [-0.2, -0.15) is 0 Å². The Balaban J connectivity index is 1.36. The van der Waals surface area contributed by atoms with E-state index in [1.165, 1.54) is 0 Å². The molecular weight excluding hydrogens is 494 g/mol. The highest BCUT2D eigenvalue weighted by atomic mass is 79.9. The molecule has 0 spiro atoms. The SMILES string of the molecule is O=c1cc(CSc2nc3ccccc3s2)c2ccc(OCc3ccc(Br)cc3)cc2o1. The average molecular weight is 510 g/mol. The molecule has 0 aliphatic carbocycles. The van der Waals surface area contributed by atoms with Crippen molar-refractivity contribution in [1.82, 2.24) is 4.98 Å². The predicted octanol–water partition coefficient (Wildman–Crippen LogP) is 7.04. The van der Waals surface area contributed by atoms with Gasteiger partial charge in [0.05, 0.1) is 10.2 Å². The fourth-order valence-corrected chi connectivity index (χ4v) is 5.54. The molecule has 0 aliphatic heterocycles. The van der Waals surface area contributed by atoms with E-state index in [0.29, 0.717) is 23.7 Å². The summed E-state index contributed by atoms with van der Waals surface area (Å²) in [5, 5.41) is 0.907. The van der Waals surface area contributed by atoms with Crippen molar-refractivity contribution in [2.75, 3.05) is 0 Å². The number of aromatic nitrogens is 1. The minimum Gasteiger partial charge on any atom is -0.489 e. The zero-order chi connectivity index (χ0) is 21.2. The van der Waals surface area contributed by atoms with Crippen LogP contribution < -0.4 is 10.4 Å². The first kappa shape index (κ1) is 20.3. The fourth-order valence-electron chi connectivity index (χ4n) is 3.22. The highest BCUT2D eigenvalue weighted by Crippen LogP contribution is 2.33. The maximum Gasteiger partial charge on any atom is 0.336 e. The van der Waals surface area contributed by atoms with E-state index < -0.39 is 0 Å². The lowest BCUT2D eigenvalue weighted by atomic mass is 10.1. The summed E-state index contributed by atoms with van der Waals surface area (Å²) in [4.78, 5) is 16.8. The molecule has 0 fully saturated rings. The number of thiazole rings is 1. The van der Waals surface area contributed by atoms with Crippen LogP contribution in [0.2, 0.25) is 0 Å². The maximum atomic E-state index is 12.1. The summed E-state index contributed by atoms with van der Waals surface area (Å²) in [7, 11) is 0. The van der Waals surface area contributed by atoms with E-state index in [9.17, 15) is 4.79 Å². The molecule has 2 heterocycles. The second-order valence-electron chi connectivity index (χ2n) is 6.90. The van der Waals surface area contributed by atoms with E-state index >= 15 is 0 Å². The molecule has 0 saturated heterocycles. The normalized spacial score (nSPS) is 11.3. The van der Waals surface area contributed by atoms with Crippen LogP contribution in [0.3, 0.4) is 0 Å². The molecule has 5 rings (SSSR count). The first-order chi connectivity index (χ1) is 15.1. The lowest BCUT2D eigenvalue weighted by Gasteiger charge is -2.09. The van der Waals surface area contributed by atoms with Gasteiger partial charge >= 0.3 is 5.63 Å². The Morgan fingerprint density at radius 2 is 1.87 bits per heavy atom. The van der Waals surface area contributed by atoms with Gasteiger partial charge in [-0.25, -0.2) is 9.78 Å². The third-order valence-corrected chi connectivity index (χ3v) is 7.50. The van der Waals surface area contributed by atoms with Gasteiger partial charge in [0.25, 0.3) is 0 Å². The van der Waals surface area contributed by atoms with Crippen LogP contribution >= 0.6 is 39.0 Å². The van der Waals surface area contributed by atoms with Crippen molar-refractivity contribution in [2.24, 2.45) is 0 Å². The van der Waals surface area contributed by atoms with Crippen molar-refractivity contribution < 1.29 is 9.15 Å². The molecule has 0 radical (unpaired) electrons. The molecule has 0 saturated carbocycles. The lowest BCUT2D eigenvalue weighted by Crippen LogP contribution is -2.01. The zero-order valence-electron chi connectivity index (χ0n) is 16.2. The Bertz CT molecular complexity index is 1390. The average Bonchev–Trinajstić information content (AvgIpc) is 3.20. The molecule has 154 valence electrons. The topological polar surface area (TPSA) is 52.3 Å². The molecule has 0 N–H and O–H groups in total. The molecular formula is C24H16BrNO3S2. The smallest absolute Gasteiger partial charge is 0.336 e. The quantitative estimate of drug-likeness (QED) is 0.181. The van der Waals surface area contributed by atoms with Gasteiger partial charge < -0.3 is 9.15 Å². The number of hydrogen-bond acceptors (Lipinski definition) is 6. The number of hydrogen-bond donors (Lipinski definition) is 0. The van der Waals surface area contributed by atoms with Crippen molar-refractivity contribution in [3.63, 3.8) is 0 Å². The monoisotopic (exact) mass is 509 g/mol. The predicted molar refractivity (Wildman–Crippen MR) is 130 cm³/mol. The second kappa shape index (κ2) is 8.86. The van der Waals surface area contributed by atoms with Gasteiger partial charge in [0.1, 0.15) is 17.9 Å². The fraction of sp³-hybridized carbons (Fsp3) is 0.0833. The number of rotatable bonds is 6. The van der Waals surface area contributed by atoms with Gasteiger partial charge in [-0.05, 0) is 47.5 Å². The first-order valence-electron chi connectivity index (χ1n) is 9.56. The molecule has 31 heavy (non-hydrogen) atoms. The van der Waals surface area contributed by atoms with E-state index in [1.54, 1.807) is 35.2 Å². The number of thioether (sulfide) groups is 1. The molecule has 0 bridgehead atoms. The third-order valence-electron chi connectivity index (χ3n) is 4.75. The zero-order valence-corrected chi connectivity index (χ0v) is 19.4. The number of nitrogens with zero attached hydrogens (tertiary/aromatic N) is 1. The number of para-hydroxylation sites is 1. The van der Waals surface area contributed by atoms with Crippen molar-refractivity contribution in [2.45, 2.75) is 16.7 Å². The largest absolute Gasteiger partial charge is 0.489 e. The van der Waals surface area contributed by atoms with Crippen molar-refractivity contribution in [3.05, 3.63) is 98.8 Å². The highest BCUT2D eigenvalue weighted by molar-refractivity contribution is 9.10. The Labute approximate surface area is 195 Å². The van der Waals surface area contributed by atoms with Crippen molar-refractivity contribution in [1.29, 1.82) is 0 Å². The van der Waals surface area contributed by atoms with Crippen LogP contribution in [0.1, 0.15) is 11.1 Å². The Hall–Kier alpha value is -2.61. The molecule has 0 atom stereocenters. The minimum atomic E-state index is -0.363. The van der Waals surface area contributed by atoms with Crippen LogP contribution in [-0.4, -0.2) is 4.98 Å². The maximum absolute atomic E-state index is 12.1. The molecule has 4 nitrogen and oxygen atoms in total. The van der Waals surface area contributed by atoms with Gasteiger partial charge in [-0.3, -0.25) is 0 Å². The standard InChI is InChI=1S/C24H16BrNO3S2/c25-17-7-5-15(6-8-17)13-28-18-9-10-19-16(11-23(27)29-21(19)12-18)14-30-24-26-20-3-1-2-4-22(20)31-24/h1-12H,13-14H2. The minimum absolute atomic E-state index is 0.363. The number of benzene rings is 3. The van der Waals surface area contributed by atoms with Gasteiger partial charge in [0.15, 0.2) is 4.34 Å². The summed E-state index contributed by atoms with van der Waals surface area (Å²) in [6.07, 6.45) is 0. The first-order valence-corrected chi connectivity index (χ1v) is 12.2. The summed E-state index contributed by atoms with van der Waals surface area (Å²) in [6.45, 7) is 0.441. The van der Waals surface area contributed by atoms with Gasteiger partial charge in [0, 0.05) is 27.7 Å². The van der Waals surface area contributed by atoms with Crippen LogP contribution in [0.15, 0.2) is 90.8 Å². The van der Waals surface area contributed by atoms with Crippen LogP contribution in [0.5, 0.6) is 5.75 Å². The van der Waals surface area contributed by atoms with Gasteiger partial charge in [-0.15, -0.1) is 11.3 Å². The Morgan fingerprint density at radius 1 is 1.03 bits per heavy atom. The Kier molecular flexibility index (Phi) is 5.80. The van der Waals surface area contributed by atoms with Gasteiger partial charge in [0.2, 0.25) is 0 Å².